The van der Waals surface area contributed by atoms with Crippen molar-refractivity contribution in [2.75, 3.05) is 31.2 Å². The number of benzene rings is 1. The van der Waals surface area contributed by atoms with Crippen LogP contribution in [-0.2, 0) is 11.3 Å². The van der Waals surface area contributed by atoms with Crippen LogP contribution in [0.2, 0.25) is 0 Å². The third-order valence-corrected chi connectivity index (χ3v) is 4.70. The summed E-state index contributed by atoms with van der Waals surface area (Å²) < 4.78 is 7.50. The number of aromatic nitrogens is 1. The highest BCUT2D eigenvalue weighted by atomic mass is 16.5. The molecule has 1 N–H and O–H groups in total. The largest absolute Gasteiger partial charge is 0.378 e. The summed E-state index contributed by atoms with van der Waals surface area (Å²) in [6, 6.07) is 10.5. The fraction of sp³-hybridized carbons (Fsp3) is 0.421. The molecule has 0 bridgehead atoms. The number of hydrogen-bond donors (Lipinski definition) is 1. The highest BCUT2D eigenvalue weighted by molar-refractivity contribution is 5.95. The molecule has 0 atom stereocenters. The first kappa shape index (κ1) is 15.3. The Morgan fingerprint density at radius 3 is 2.71 bits per heavy atom. The van der Waals surface area contributed by atoms with Gasteiger partial charge < -0.3 is 19.5 Å². The van der Waals surface area contributed by atoms with Crippen molar-refractivity contribution in [3.8, 4) is 11.1 Å². The molecule has 2 aliphatic rings. The molecule has 4 rings (SSSR count). The second kappa shape index (κ2) is 5.67. The molecule has 0 saturated carbocycles. The van der Waals surface area contributed by atoms with Crippen molar-refractivity contribution in [1.82, 2.24) is 9.88 Å². The lowest BCUT2D eigenvalue weighted by Gasteiger charge is -2.32. The average Bonchev–Trinajstić information content (AvgIpc) is 2.99. The van der Waals surface area contributed by atoms with Crippen LogP contribution in [0.25, 0.3) is 11.1 Å². The molecule has 5 heteroatoms. The van der Waals surface area contributed by atoms with Gasteiger partial charge in [0.1, 0.15) is 5.69 Å². The van der Waals surface area contributed by atoms with Crippen LogP contribution in [-0.4, -0.2) is 42.3 Å². The molecule has 126 valence electrons. The number of amides is 1. The van der Waals surface area contributed by atoms with Gasteiger partial charge in [0.2, 0.25) is 0 Å². The number of anilines is 1. The van der Waals surface area contributed by atoms with Gasteiger partial charge in [-0.1, -0.05) is 12.1 Å². The Balaban J connectivity index is 1.66. The molecule has 0 radical (unpaired) electrons. The van der Waals surface area contributed by atoms with Crippen LogP contribution in [0.15, 0.2) is 36.5 Å². The Bertz CT molecular complexity index is 773. The maximum absolute atomic E-state index is 12.3. The first-order valence-electron chi connectivity index (χ1n) is 8.48. The number of carbonyl (C=O) groups is 1. The normalized spacial score (nSPS) is 19.8. The fourth-order valence-corrected chi connectivity index (χ4v) is 3.53. The molecule has 0 spiro atoms. The van der Waals surface area contributed by atoms with E-state index in [0.29, 0.717) is 0 Å². The number of morpholine rings is 1. The van der Waals surface area contributed by atoms with Crippen LogP contribution in [0.5, 0.6) is 0 Å². The lowest BCUT2D eigenvalue weighted by Crippen LogP contribution is -2.51. The summed E-state index contributed by atoms with van der Waals surface area (Å²) in [5.41, 5.74) is 3.97. The van der Waals surface area contributed by atoms with E-state index < -0.39 is 0 Å². The zero-order valence-electron chi connectivity index (χ0n) is 14.2. The summed E-state index contributed by atoms with van der Waals surface area (Å²) in [6.45, 7) is 8.29. The molecule has 1 aromatic carbocycles. The Morgan fingerprint density at radius 1 is 1.12 bits per heavy atom. The van der Waals surface area contributed by atoms with Crippen LogP contribution >= 0.6 is 0 Å². The third kappa shape index (κ3) is 2.80. The van der Waals surface area contributed by atoms with Crippen molar-refractivity contribution in [3.05, 3.63) is 42.2 Å². The SMILES string of the molecule is CC1(C)Cn2cc(-c3cccc(N4CCOCC4)c3)cc2C(=O)N1. The van der Waals surface area contributed by atoms with Crippen LogP contribution in [0.3, 0.4) is 0 Å². The molecule has 1 fully saturated rings. The topological polar surface area (TPSA) is 46.5 Å². The van der Waals surface area contributed by atoms with Gasteiger partial charge in [0.05, 0.1) is 18.8 Å². The van der Waals surface area contributed by atoms with E-state index in [9.17, 15) is 4.79 Å². The summed E-state index contributed by atoms with van der Waals surface area (Å²) in [6.07, 6.45) is 2.09. The highest BCUT2D eigenvalue weighted by Crippen LogP contribution is 2.29. The number of carbonyl (C=O) groups excluding carboxylic acids is 1. The van der Waals surface area contributed by atoms with Gasteiger partial charge in [-0.05, 0) is 37.6 Å². The van der Waals surface area contributed by atoms with E-state index in [1.807, 2.05) is 19.9 Å². The lowest BCUT2D eigenvalue weighted by atomic mass is 10.0. The van der Waals surface area contributed by atoms with E-state index in [0.717, 1.165) is 49.7 Å². The van der Waals surface area contributed by atoms with Gasteiger partial charge in [-0.2, -0.15) is 0 Å². The van der Waals surface area contributed by atoms with E-state index >= 15 is 0 Å². The van der Waals surface area contributed by atoms with E-state index in [1.54, 1.807) is 0 Å². The Kier molecular flexibility index (Phi) is 3.61. The fourth-order valence-electron chi connectivity index (χ4n) is 3.53. The first-order valence-corrected chi connectivity index (χ1v) is 8.48. The molecule has 0 unspecified atom stereocenters. The number of fused-ring (bicyclic) bond motifs is 1. The van der Waals surface area contributed by atoms with Crippen LogP contribution in [0.1, 0.15) is 24.3 Å². The smallest absolute Gasteiger partial charge is 0.268 e. The maximum Gasteiger partial charge on any atom is 0.268 e. The predicted molar refractivity (Wildman–Crippen MR) is 94.4 cm³/mol. The Labute approximate surface area is 142 Å². The predicted octanol–water partition coefficient (Wildman–Crippen LogP) is 2.51. The van der Waals surface area contributed by atoms with Crippen molar-refractivity contribution < 1.29 is 9.53 Å². The molecule has 0 aliphatic carbocycles. The van der Waals surface area contributed by atoms with Gasteiger partial charge in [-0.15, -0.1) is 0 Å². The molecule has 24 heavy (non-hydrogen) atoms. The maximum atomic E-state index is 12.3. The summed E-state index contributed by atoms with van der Waals surface area (Å²) in [7, 11) is 0. The molecular weight excluding hydrogens is 302 g/mol. The second-order valence-corrected chi connectivity index (χ2v) is 7.23. The van der Waals surface area contributed by atoms with Gasteiger partial charge in [-0.25, -0.2) is 0 Å². The molecular formula is C19H23N3O2. The molecule has 2 aromatic rings. The quantitative estimate of drug-likeness (QED) is 0.923. The molecule has 1 aromatic heterocycles. The Morgan fingerprint density at radius 2 is 1.92 bits per heavy atom. The molecule has 5 nitrogen and oxygen atoms in total. The number of hydrogen-bond acceptors (Lipinski definition) is 3. The monoisotopic (exact) mass is 325 g/mol. The van der Waals surface area contributed by atoms with Gasteiger partial charge in [-0.3, -0.25) is 4.79 Å². The summed E-state index contributed by atoms with van der Waals surface area (Å²) >= 11 is 0. The molecule has 3 heterocycles. The first-order chi connectivity index (χ1) is 11.5. The van der Waals surface area contributed by atoms with Crippen LogP contribution in [0.4, 0.5) is 5.69 Å². The zero-order valence-corrected chi connectivity index (χ0v) is 14.2. The van der Waals surface area contributed by atoms with Crippen LogP contribution in [0, 0.1) is 0 Å². The van der Waals surface area contributed by atoms with E-state index in [4.69, 9.17) is 4.74 Å². The van der Waals surface area contributed by atoms with E-state index in [1.165, 1.54) is 5.69 Å². The number of rotatable bonds is 2. The van der Waals surface area contributed by atoms with Crippen molar-refractivity contribution in [2.24, 2.45) is 0 Å². The van der Waals surface area contributed by atoms with Crippen LogP contribution < -0.4 is 10.2 Å². The van der Waals surface area contributed by atoms with Gasteiger partial charge in [0.15, 0.2) is 0 Å². The second-order valence-electron chi connectivity index (χ2n) is 7.23. The van der Waals surface area contributed by atoms with Crippen molar-refractivity contribution in [1.29, 1.82) is 0 Å². The number of nitrogens with one attached hydrogen (secondary N) is 1. The van der Waals surface area contributed by atoms with Gasteiger partial charge in [0.25, 0.3) is 5.91 Å². The van der Waals surface area contributed by atoms with E-state index in [2.05, 4.69) is 45.2 Å². The number of nitrogens with zero attached hydrogens (tertiary/aromatic N) is 2. The van der Waals surface area contributed by atoms with Crippen molar-refractivity contribution >= 4 is 11.6 Å². The summed E-state index contributed by atoms with van der Waals surface area (Å²) in [5, 5.41) is 3.06. The zero-order chi connectivity index (χ0) is 16.7. The minimum absolute atomic E-state index is 0.00170. The number of ether oxygens (including phenoxy) is 1. The summed E-state index contributed by atoms with van der Waals surface area (Å²) in [5.74, 6) is 0.00170. The van der Waals surface area contributed by atoms with E-state index in [-0.39, 0.29) is 11.4 Å². The lowest BCUT2D eigenvalue weighted by molar-refractivity contribution is 0.0862. The highest BCUT2D eigenvalue weighted by Gasteiger charge is 2.30. The van der Waals surface area contributed by atoms with Crippen molar-refractivity contribution in [2.45, 2.75) is 25.9 Å². The summed E-state index contributed by atoms with van der Waals surface area (Å²) in [4.78, 5) is 14.7. The van der Waals surface area contributed by atoms with Gasteiger partial charge in [0, 0.05) is 37.1 Å². The standard InChI is InChI=1S/C19H23N3O2/c1-19(2)13-22-12-15(11-17(22)18(23)20-19)14-4-3-5-16(10-14)21-6-8-24-9-7-21/h3-5,10-12H,6-9,13H2,1-2H3,(H,20,23). The molecule has 1 amide bonds. The molecule has 2 aliphatic heterocycles. The Hall–Kier alpha value is -2.27. The minimum Gasteiger partial charge on any atom is -0.378 e. The van der Waals surface area contributed by atoms with Gasteiger partial charge >= 0.3 is 0 Å². The average molecular weight is 325 g/mol. The molecule has 1 saturated heterocycles. The third-order valence-electron chi connectivity index (χ3n) is 4.70. The minimum atomic E-state index is -0.212. The van der Waals surface area contributed by atoms with Crippen molar-refractivity contribution in [3.63, 3.8) is 0 Å².